The summed E-state index contributed by atoms with van der Waals surface area (Å²) in [4.78, 5) is 24.2. The van der Waals surface area contributed by atoms with Gasteiger partial charge in [0.15, 0.2) is 0 Å². The highest BCUT2D eigenvalue weighted by atomic mass is 16.5. The smallest absolute Gasteiger partial charge is 0.343 e. The molecule has 31 heavy (non-hydrogen) atoms. The molecule has 0 aliphatic rings. The van der Waals surface area contributed by atoms with E-state index in [4.69, 9.17) is 9.47 Å². The van der Waals surface area contributed by atoms with E-state index in [-0.39, 0.29) is 5.75 Å². The zero-order chi connectivity index (χ0) is 22.1. The lowest BCUT2D eigenvalue weighted by Crippen LogP contribution is -2.17. The number of hydrogen-bond donors (Lipinski definition) is 2. The van der Waals surface area contributed by atoms with Crippen LogP contribution in [0.2, 0.25) is 0 Å². The van der Waals surface area contributed by atoms with Crippen molar-refractivity contribution in [1.82, 2.24) is 5.43 Å². The lowest BCUT2D eigenvalue weighted by molar-refractivity contribution is 0.0734. The summed E-state index contributed by atoms with van der Waals surface area (Å²) in [7, 11) is 0. The average molecular weight is 418 g/mol. The molecule has 158 valence electrons. The molecule has 0 aromatic heterocycles. The number of phenolic OH excluding ortho intramolecular Hbond substituents is 1. The van der Waals surface area contributed by atoms with Crippen molar-refractivity contribution >= 4 is 18.1 Å². The van der Waals surface area contributed by atoms with Gasteiger partial charge >= 0.3 is 5.97 Å². The maximum atomic E-state index is 12.3. The summed E-state index contributed by atoms with van der Waals surface area (Å²) in [5.74, 6) is 0.317. The van der Waals surface area contributed by atoms with Crippen LogP contribution in [-0.4, -0.2) is 29.8 Å². The highest BCUT2D eigenvalue weighted by Gasteiger charge is 2.09. The van der Waals surface area contributed by atoms with Crippen molar-refractivity contribution < 1.29 is 24.2 Å². The van der Waals surface area contributed by atoms with E-state index in [0.717, 1.165) is 6.42 Å². The molecule has 0 aliphatic carbocycles. The Morgan fingerprint density at radius 3 is 2.16 bits per heavy atom. The number of esters is 1. The van der Waals surface area contributed by atoms with Gasteiger partial charge in [0.05, 0.1) is 18.4 Å². The summed E-state index contributed by atoms with van der Waals surface area (Å²) in [6.45, 7) is 2.65. The fourth-order valence-corrected chi connectivity index (χ4v) is 2.54. The third kappa shape index (κ3) is 6.43. The van der Waals surface area contributed by atoms with Gasteiger partial charge in [-0.2, -0.15) is 5.10 Å². The van der Waals surface area contributed by atoms with Gasteiger partial charge in [-0.05, 0) is 84.8 Å². The number of nitrogens with one attached hydrogen (secondary N) is 1. The quantitative estimate of drug-likeness (QED) is 0.248. The van der Waals surface area contributed by atoms with E-state index in [1.807, 2.05) is 6.92 Å². The van der Waals surface area contributed by atoms with Gasteiger partial charge in [-0.1, -0.05) is 6.92 Å². The number of carbonyl (C=O) groups excluding carboxylic acids is 2. The number of benzene rings is 3. The van der Waals surface area contributed by atoms with Gasteiger partial charge in [-0.3, -0.25) is 4.79 Å². The normalized spacial score (nSPS) is 10.6. The molecular weight excluding hydrogens is 396 g/mol. The zero-order valence-corrected chi connectivity index (χ0v) is 16.9. The molecule has 3 rings (SSSR count). The molecule has 7 heteroatoms. The maximum absolute atomic E-state index is 12.3. The van der Waals surface area contributed by atoms with E-state index in [1.165, 1.54) is 30.5 Å². The lowest BCUT2D eigenvalue weighted by atomic mass is 10.2. The lowest BCUT2D eigenvalue weighted by Gasteiger charge is -2.07. The van der Waals surface area contributed by atoms with Gasteiger partial charge in [-0.25, -0.2) is 10.2 Å². The largest absolute Gasteiger partial charge is 0.508 e. The Morgan fingerprint density at radius 2 is 1.52 bits per heavy atom. The van der Waals surface area contributed by atoms with Crippen LogP contribution in [0, 0.1) is 0 Å². The number of hydrogen-bond acceptors (Lipinski definition) is 6. The van der Waals surface area contributed by atoms with Gasteiger partial charge in [0.1, 0.15) is 17.2 Å². The number of carbonyl (C=O) groups is 2. The Morgan fingerprint density at radius 1 is 0.903 bits per heavy atom. The Labute approximate surface area is 179 Å². The molecule has 0 radical (unpaired) electrons. The van der Waals surface area contributed by atoms with Crippen LogP contribution in [-0.2, 0) is 0 Å². The van der Waals surface area contributed by atoms with Crippen LogP contribution in [0.5, 0.6) is 17.2 Å². The van der Waals surface area contributed by atoms with Gasteiger partial charge in [0.25, 0.3) is 5.91 Å². The van der Waals surface area contributed by atoms with E-state index in [0.29, 0.717) is 34.8 Å². The first-order valence-electron chi connectivity index (χ1n) is 9.72. The fourth-order valence-electron chi connectivity index (χ4n) is 2.54. The number of nitrogens with zero attached hydrogens (tertiary/aromatic N) is 1. The zero-order valence-electron chi connectivity index (χ0n) is 16.9. The molecule has 0 aliphatic heterocycles. The minimum absolute atomic E-state index is 0.0823. The predicted octanol–water partition coefficient (Wildman–Crippen LogP) is 4.16. The van der Waals surface area contributed by atoms with E-state index in [9.17, 15) is 14.7 Å². The molecule has 0 saturated carbocycles. The molecule has 7 nitrogen and oxygen atoms in total. The van der Waals surface area contributed by atoms with Crippen LogP contribution in [0.3, 0.4) is 0 Å². The highest BCUT2D eigenvalue weighted by molar-refractivity contribution is 5.95. The maximum Gasteiger partial charge on any atom is 0.343 e. The number of aromatic hydroxyl groups is 1. The molecule has 0 saturated heterocycles. The van der Waals surface area contributed by atoms with Crippen LogP contribution in [0.4, 0.5) is 0 Å². The van der Waals surface area contributed by atoms with Gasteiger partial charge in [-0.15, -0.1) is 0 Å². The van der Waals surface area contributed by atoms with Gasteiger partial charge in [0.2, 0.25) is 0 Å². The molecule has 0 spiro atoms. The SMILES string of the molecule is CCCOc1ccc(C(=O)Oc2ccc(/C=N/NC(=O)c3ccc(O)cc3)cc2)cc1. The van der Waals surface area contributed by atoms with E-state index in [2.05, 4.69) is 10.5 Å². The van der Waals surface area contributed by atoms with Crippen molar-refractivity contribution in [1.29, 1.82) is 0 Å². The summed E-state index contributed by atoms with van der Waals surface area (Å²) in [6.07, 6.45) is 2.38. The number of phenols is 1. The minimum Gasteiger partial charge on any atom is -0.508 e. The molecule has 3 aromatic carbocycles. The van der Waals surface area contributed by atoms with Crippen LogP contribution in [0.15, 0.2) is 77.9 Å². The Balaban J connectivity index is 1.52. The van der Waals surface area contributed by atoms with Crippen molar-refractivity contribution in [3.8, 4) is 17.2 Å². The van der Waals surface area contributed by atoms with Gasteiger partial charge in [0, 0.05) is 5.56 Å². The molecule has 0 fully saturated rings. The molecule has 1 amide bonds. The first kappa shape index (κ1) is 21.6. The molecule has 2 N–H and O–H groups in total. The highest BCUT2D eigenvalue weighted by Crippen LogP contribution is 2.16. The topological polar surface area (TPSA) is 97.2 Å². The molecular formula is C24H22N2O5. The summed E-state index contributed by atoms with van der Waals surface area (Å²) in [5.41, 5.74) is 3.92. The van der Waals surface area contributed by atoms with Crippen molar-refractivity contribution in [2.75, 3.05) is 6.61 Å². The summed E-state index contributed by atoms with van der Waals surface area (Å²) >= 11 is 0. The number of hydrazone groups is 1. The molecule has 0 bridgehead atoms. The number of rotatable bonds is 8. The predicted molar refractivity (Wildman–Crippen MR) is 117 cm³/mol. The Kier molecular flexibility index (Phi) is 7.37. The Bertz CT molecular complexity index is 1040. The van der Waals surface area contributed by atoms with Crippen molar-refractivity contribution in [3.63, 3.8) is 0 Å². The summed E-state index contributed by atoms with van der Waals surface area (Å²) < 4.78 is 10.9. The molecule has 0 unspecified atom stereocenters. The standard InChI is InChI=1S/C24H22N2O5/c1-2-15-30-21-13-7-19(8-14-21)24(29)31-22-11-3-17(4-12-22)16-25-26-23(28)18-5-9-20(27)10-6-18/h3-14,16,27H,2,15H2,1H3,(H,26,28)/b25-16+. The summed E-state index contributed by atoms with van der Waals surface area (Å²) in [5, 5.41) is 13.1. The second-order valence-corrected chi connectivity index (χ2v) is 6.58. The third-order valence-corrected chi connectivity index (χ3v) is 4.16. The van der Waals surface area contributed by atoms with E-state index < -0.39 is 11.9 Å². The van der Waals surface area contributed by atoms with Crippen molar-refractivity contribution in [3.05, 3.63) is 89.5 Å². The second-order valence-electron chi connectivity index (χ2n) is 6.58. The Hall–Kier alpha value is -4.13. The first-order chi connectivity index (χ1) is 15.0. The molecule has 0 atom stereocenters. The molecule has 3 aromatic rings. The van der Waals surface area contributed by atoms with E-state index in [1.54, 1.807) is 48.5 Å². The second kappa shape index (κ2) is 10.6. The van der Waals surface area contributed by atoms with Crippen LogP contribution in [0.1, 0.15) is 39.6 Å². The van der Waals surface area contributed by atoms with Crippen molar-refractivity contribution in [2.45, 2.75) is 13.3 Å². The molecule has 0 heterocycles. The van der Waals surface area contributed by atoms with E-state index >= 15 is 0 Å². The van der Waals surface area contributed by atoms with Crippen molar-refractivity contribution in [2.24, 2.45) is 5.10 Å². The van der Waals surface area contributed by atoms with Gasteiger partial charge < -0.3 is 14.6 Å². The average Bonchev–Trinajstić information content (AvgIpc) is 2.79. The summed E-state index contributed by atoms with van der Waals surface area (Å²) in [6, 6.07) is 19.3. The van der Waals surface area contributed by atoms with Crippen LogP contribution in [0.25, 0.3) is 0 Å². The minimum atomic E-state index is -0.468. The third-order valence-electron chi connectivity index (χ3n) is 4.16. The van der Waals surface area contributed by atoms with Crippen LogP contribution < -0.4 is 14.9 Å². The first-order valence-corrected chi connectivity index (χ1v) is 9.72. The fraction of sp³-hybridized carbons (Fsp3) is 0.125. The van der Waals surface area contributed by atoms with Crippen LogP contribution >= 0.6 is 0 Å². The monoisotopic (exact) mass is 418 g/mol. The number of amides is 1. The number of ether oxygens (including phenoxy) is 2.